The zero-order chi connectivity index (χ0) is 17.7. The van der Waals surface area contributed by atoms with Crippen molar-refractivity contribution in [2.45, 2.75) is 25.2 Å². The number of nitrogens with zero attached hydrogens (tertiary/aromatic N) is 3. The van der Waals surface area contributed by atoms with Gasteiger partial charge in [-0.05, 0) is 36.0 Å². The second kappa shape index (κ2) is 7.44. The van der Waals surface area contributed by atoms with Crippen molar-refractivity contribution in [1.29, 1.82) is 0 Å². The quantitative estimate of drug-likeness (QED) is 0.435. The fourth-order valence-electron chi connectivity index (χ4n) is 3.53. The van der Waals surface area contributed by atoms with Crippen LogP contribution in [0.5, 0.6) is 0 Å². The molecule has 0 saturated heterocycles. The van der Waals surface area contributed by atoms with Crippen molar-refractivity contribution in [2.24, 2.45) is 7.05 Å². The van der Waals surface area contributed by atoms with E-state index in [1.165, 1.54) is 25.0 Å². The van der Waals surface area contributed by atoms with Gasteiger partial charge in [-0.15, -0.1) is 11.6 Å². The molecule has 1 fully saturated rings. The van der Waals surface area contributed by atoms with E-state index in [1.54, 1.807) is 0 Å². The molecular formula is C21H18ClN4Na. The summed E-state index contributed by atoms with van der Waals surface area (Å²) >= 11 is 6.33. The third kappa shape index (κ3) is 3.36. The van der Waals surface area contributed by atoms with Gasteiger partial charge in [-0.3, -0.25) is 9.67 Å². The molecule has 0 spiro atoms. The molecule has 2 aromatic heterocycles. The Hall–Kier alpha value is -1.59. The molecule has 4 aromatic rings. The minimum absolute atomic E-state index is 0. The zero-order valence-electron chi connectivity index (χ0n) is 15.5. The Morgan fingerprint density at radius 1 is 1.22 bits per heavy atom. The summed E-state index contributed by atoms with van der Waals surface area (Å²) in [6.07, 6.45) is 3.79. The van der Waals surface area contributed by atoms with E-state index in [0.717, 1.165) is 38.7 Å². The Kier molecular flexibility index (Phi) is 5.17. The first-order valence-electron chi connectivity index (χ1n) is 8.90. The number of hydrogen-bond acceptors (Lipinski definition) is 2. The number of H-pyrrole nitrogens is 1. The molecule has 27 heavy (non-hydrogen) atoms. The minimum Gasteiger partial charge on any atom is -0.361 e. The molecule has 0 atom stereocenters. The number of hydrogen-bond donors (Lipinski definition) is 1. The van der Waals surface area contributed by atoms with Crippen LogP contribution >= 0.6 is 11.6 Å². The van der Waals surface area contributed by atoms with Gasteiger partial charge in [-0.25, -0.2) is 0 Å². The van der Waals surface area contributed by atoms with Crippen molar-refractivity contribution in [3.63, 3.8) is 0 Å². The van der Waals surface area contributed by atoms with Crippen LogP contribution in [0, 0.1) is 6.07 Å². The van der Waals surface area contributed by atoms with Gasteiger partial charge in [0.2, 0.25) is 0 Å². The first kappa shape index (κ1) is 18.8. The Morgan fingerprint density at radius 2 is 2.04 bits per heavy atom. The van der Waals surface area contributed by atoms with Gasteiger partial charge < -0.3 is 4.98 Å². The van der Waals surface area contributed by atoms with E-state index in [0.29, 0.717) is 5.92 Å². The van der Waals surface area contributed by atoms with Crippen LogP contribution in [0.2, 0.25) is 5.02 Å². The molecule has 4 nitrogen and oxygen atoms in total. The summed E-state index contributed by atoms with van der Waals surface area (Å²) in [7, 11) is 1.98. The monoisotopic (exact) mass is 384 g/mol. The number of halogens is 1. The van der Waals surface area contributed by atoms with Crippen LogP contribution in [0.15, 0.2) is 42.5 Å². The summed E-state index contributed by atoms with van der Waals surface area (Å²) in [6.45, 7) is 0. The van der Waals surface area contributed by atoms with E-state index in [9.17, 15) is 0 Å². The van der Waals surface area contributed by atoms with Gasteiger partial charge in [0.25, 0.3) is 0 Å². The third-order valence-corrected chi connectivity index (χ3v) is 5.58. The molecule has 0 aliphatic heterocycles. The van der Waals surface area contributed by atoms with Crippen LogP contribution in [0.25, 0.3) is 33.7 Å². The number of fused-ring (bicyclic) bond motifs is 1. The summed E-state index contributed by atoms with van der Waals surface area (Å²) in [5.41, 5.74) is 5.96. The Bertz CT molecular complexity index is 1110. The van der Waals surface area contributed by atoms with E-state index in [1.807, 2.05) is 42.1 Å². The van der Waals surface area contributed by atoms with Crippen molar-refractivity contribution in [3.05, 3.63) is 59.2 Å². The topological polar surface area (TPSA) is 46.5 Å². The zero-order valence-corrected chi connectivity index (χ0v) is 18.2. The largest absolute Gasteiger partial charge is 1.00 e. The first-order valence-corrected chi connectivity index (χ1v) is 9.27. The van der Waals surface area contributed by atoms with E-state index in [2.05, 4.69) is 28.3 Å². The van der Waals surface area contributed by atoms with Gasteiger partial charge in [0.05, 0.1) is 5.69 Å². The number of nitrogens with one attached hydrogen (secondary N) is 1. The number of benzene rings is 2. The van der Waals surface area contributed by atoms with Crippen molar-refractivity contribution in [1.82, 2.24) is 19.7 Å². The average Bonchev–Trinajstić information content (AvgIpc) is 3.16. The predicted molar refractivity (Wildman–Crippen MR) is 104 cm³/mol. The van der Waals surface area contributed by atoms with Crippen LogP contribution in [-0.4, -0.2) is 19.7 Å². The molecule has 130 valence electrons. The predicted octanol–water partition coefficient (Wildman–Crippen LogP) is 2.36. The normalized spacial score (nSPS) is 14.1. The number of imidazole rings is 1. The SMILES string of the molecule is Cn1nc(C2CCC2)cc1-c1nc2cc(-c3ccccc3Cl)c[c-]c2[nH]1.[Na+]. The van der Waals surface area contributed by atoms with E-state index in [-0.39, 0.29) is 29.6 Å². The van der Waals surface area contributed by atoms with E-state index < -0.39 is 0 Å². The van der Waals surface area contributed by atoms with Gasteiger partial charge in [0, 0.05) is 18.0 Å². The van der Waals surface area contributed by atoms with Crippen LogP contribution in [0.1, 0.15) is 30.9 Å². The summed E-state index contributed by atoms with van der Waals surface area (Å²) < 4.78 is 1.92. The first-order chi connectivity index (χ1) is 12.7. The number of rotatable bonds is 3. The smallest absolute Gasteiger partial charge is 0.361 e. The van der Waals surface area contributed by atoms with Crippen LogP contribution in [0.4, 0.5) is 0 Å². The molecule has 0 radical (unpaired) electrons. The summed E-state index contributed by atoms with van der Waals surface area (Å²) in [4.78, 5) is 8.16. The van der Waals surface area contributed by atoms with Gasteiger partial charge >= 0.3 is 29.6 Å². The molecule has 1 aliphatic carbocycles. The summed E-state index contributed by atoms with van der Waals surface area (Å²) in [5, 5.41) is 5.41. The fourth-order valence-corrected chi connectivity index (χ4v) is 3.77. The van der Waals surface area contributed by atoms with Crippen molar-refractivity contribution >= 4 is 22.6 Å². The molecule has 6 heteroatoms. The summed E-state index contributed by atoms with van der Waals surface area (Å²) in [5.74, 6) is 1.44. The molecule has 2 aromatic carbocycles. The summed E-state index contributed by atoms with van der Waals surface area (Å²) in [6, 6.07) is 17.3. The maximum Gasteiger partial charge on any atom is 1.00 e. The van der Waals surface area contributed by atoms with Crippen LogP contribution in [0.3, 0.4) is 0 Å². The maximum absolute atomic E-state index is 6.33. The Balaban J connectivity index is 0.00000180. The van der Waals surface area contributed by atoms with Crippen molar-refractivity contribution < 1.29 is 29.6 Å². The molecule has 0 unspecified atom stereocenters. The molecule has 0 bridgehead atoms. The number of aromatic nitrogens is 4. The van der Waals surface area contributed by atoms with Gasteiger partial charge in [-0.2, -0.15) is 17.2 Å². The van der Waals surface area contributed by atoms with Gasteiger partial charge in [0.1, 0.15) is 11.5 Å². The molecule has 1 N–H and O–H groups in total. The van der Waals surface area contributed by atoms with E-state index >= 15 is 0 Å². The van der Waals surface area contributed by atoms with Crippen molar-refractivity contribution in [3.8, 4) is 22.6 Å². The Labute approximate surface area is 185 Å². The Morgan fingerprint density at radius 3 is 2.78 bits per heavy atom. The van der Waals surface area contributed by atoms with E-state index in [4.69, 9.17) is 16.6 Å². The molecule has 2 heterocycles. The second-order valence-corrected chi connectivity index (χ2v) is 7.33. The molecule has 1 aliphatic rings. The average molecular weight is 385 g/mol. The number of aryl methyl sites for hydroxylation is 1. The maximum atomic E-state index is 6.33. The van der Waals surface area contributed by atoms with Crippen molar-refractivity contribution in [2.75, 3.05) is 0 Å². The molecule has 5 rings (SSSR count). The van der Waals surface area contributed by atoms with Gasteiger partial charge in [-0.1, -0.05) is 41.8 Å². The molecular weight excluding hydrogens is 367 g/mol. The van der Waals surface area contributed by atoms with Crippen LogP contribution < -0.4 is 29.6 Å². The minimum atomic E-state index is 0. The molecule has 0 amide bonds. The fraction of sp³-hybridized carbons (Fsp3) is 0.238. The second-order valence-electron chi connectivity index (χ2n) is 6.92. The third-order valence-electron chi connectivity index (χ3n) is 5.25. The van der Waals surface area contributed by atoms with Gasteiger partial charge in [0.15, 0.2) is 0 Å². The van der Waals surface area contributed by atoms with Crippen LogP contribution in [-0.2, 0) is 7.05 Å². The molecule has 1 saturated carbocycles. The number of aromatic amines is 1. The standard InChI is InChI=1S/C21H18ClN4.Na/c1-26-20(12-18(25-26)13-5-4-6-13)21-23-17-10-9-14(11-19(17)24-21)15-7-2-3-8-16(15)22;/h2-3,7-9,11-13H,4-6H2,1H3,(H,23,24);/q-1;+1.